The van der Waals surface area contributed by atoms with Crippen molar-refractivity contribution in [2.75, 3.05) is 0 Å². The molecular weight excluding hydrogens is 215 g/mol. The maximum Gasteiger partial charge on any atom is 0.631 e. The van der Waals surface area contributed by atoms with Crippen LogP contribution >= 0.6 is 0 Å². The van der Waals surface area contributed by atoms with Crippen molar-refractivity contribution < 1.29 is 15.1 Å². The van der Waals surface area contributed by atoms with Gasteiger partial charge in [-0.25, -0.2) is 0 Å². The summed E-state index contributed by atoms with van der Waals surface area (Å²) in [5.74, 6) is 0. The van der Waals surface area contributed by atoms with Gasteiger partial charge in [0.25, 0.3) is 0 Å². The molecule has 0 aliphatic carbocycles. The fourth-order valence-corrected chi connectivity index (χ4v) is 1.43. The van der Waals surface area contributed by atoms with Gasteiger partial charge in [0.1, 0.15) is 0 Å². The summed E-state index contributed by atoms with van der Waals surface area (Å²) in [5, 5.41) is 21.5. The van der Waals surface area contributed by atoms with Crippen LogP contribution in [0.4, 0.5) is 0 Å². The van der Waals surface area contributed by atoms with Crippen molar-refractivity contribution in [3.8, 4) is 0 Å². The topological polar surface area (TPSA) is 60.7 Å². The molecule has 0 aliphatic heterocycles. The van der Waals surface area contributed by atoms with Gasteiger partial charge in [0.15, 0.2) is 0 Å². The third-order valence-electron chi connectivity index (χ3n) is 2.09. The molecule has 0 saturated heterocycles. The van der Waals surface area contributed by atoms with Gasteiger partial charge in [-0.15, -0.1) is 0 Å². The molecule has 0 aliphatic rings. The van der Waals surface area contributed by atoms with Crippen LogP contribution in [0.2, 0.25) is 0 Å². The molecule has 0 amide bonds. The van der Waals surface area contributed by atoms with Crippen molar-refractivity contribution in [3.05, 3.63) is 71.8 Å². The maximum absolute atomic E-state index is 7.17. The zero-order valence-electron chi connectivity index (χ0n) is 9.40. The number of hydrogen-bond acceptors (Lipinski definition) is 3. The van der Waals surface area contributed by atoms with Crippen LogP contribution in [0, 0.1) is 0 Å². The second kappa shape index (κ2) is 7.62. The molecule has 0 unspecified atom stereocenters. The van der Waals surface area contributed by atoms with E-state index in [1.807, 2.05) is 0 Å². The van der Waals surface area contributed by atoms with E-state index in [9.17, 15) is 0 Å². The first-order valence-corrected chi connectivity index (χ1v) is 5.30. The predicted octanol–water partition coefficient (Wildman–Crippen LogP) is 1.23. The molecule has 0 saturated carbocycles. The van der Waals surface area contributed by atoms with Crippen LogP contribution in [0.3, 0.4) is 0 Å². The molecule has 2 rings (SSSR count). The van der Waals surface area contributed by atoms with Gasteiger partial charge in [-0.2, -0.15) is 0 Å². The van der Waals surface area contributed by atoms with Crippen molar-refractivity contribution in [1.29, 1.82) is 0 Å². The smallest absolute Gasteiger partial charge is 0.402 e. The molecule has 0 aromatic heterocycles. The second-order valence-electron chi connectivity index (χ2n) is 3.49. The number of rotatable bonds is 2. The lowest BCUT2D eigenvalue weighted by atomic mass is 10.1. The Hall–Kier alpha value is -1.62. The zero-order valence-corrected chi connectivity index (χ0v) is 9.40. The van der Waals surface area contributed by atoms with Crippen molar-refractivity contribution in [2.45, 2.75) is 6.42 Å². The molecule has 0 heterocycles. The van der Waals surface area contributed by atoms with Crippen molar-refractivity contribution >= 4 is 7.32 Å². The molecule has 0 fully saturated rings. The van der Waals surface area contributed by atoms with Crippen LogP contribution in [0.1, 0.15) is 11.1 Å². The van der Waals surface area contributed by atoms with Crippen LogP contribution in [0.5, 0.6) is 0 Å². The van der Waals surface area contributed by atoms with E-state index in [-0.39, 0.29) is 0 Å². The van der Waals surface area contributed by atoms with Gasteiger partial charge in [0.2, 0.25) is 0 Å². The molecule has 4 heteroatoms. The molecular formula is C13H15BO3. The molecule has 88 valence electrons. The van der Waals surface area contributed by atoms with Gasteiger partial charge < -0.3 is 15.1 Å². The van der Waals surface area contributed by atoms with Crippen LogP contribution in [0.15, 0.2) is 60.7 Å². The minimum atomic E-state index is -2.17. The van der Waals surface area contributed by atoms with Gasteiger partial charge in [-0.3, -0.25) is 0 Å². The van der Waals surface area contributed by atoms with E-state index < -0.39 is 7.32 Å². The lowest BCUT2D eigenvalue weighted by Gasteiger charge is -2.00. The lowest BCUT2D eigenvalue weighted by Crippen LogP contribution is -2.07. The monoisotopic (exact) mass is 230 g/mol. The van der Waals surface area contributed by atoms with Crippen LogP contribution in [-0.2, 0) is 6.42 Å². The summed E-state index contributed by atoms with van der Waals surface area (Å²) in [6, 6.07) is 21.1. The summed E-state index contributed by atoms with van der Waals surface area (Å²) in [7, 11) is -2.17. The molecule has 17 heavy (non-hydrogen) atoms. The van der Waals surface area contributed by atoms with Gasteiger partial charge in [0.05, 0.1) is 0 Å². The van der Waals surface area contributed by atoms with E-state index in [4.69, 9.17) is 15.1 Å². The third-order valence-corrected chi connectivity index (χ3v) is 2.09. The van der Waals surface area contributed by atoms with E-state index in [0.29, 0.717) is 0 Å². The van der Waals surface area contributed by atoms with Crippen molar-refractivity contribution in [2.24, 2.45) is 0 Å². The van der Waals surface area contributed by atoms with Crippen molar-refractivity contribution in [1.82, 2.24) is 0 Å². The molecule has 0 radical (unpaired) electrons. The average Bonchev–Trinajstić information content (AvgIpc) is 2.31. The van der Waals surface area contributed by atoms with Gasteiger partial charge in [0, 0.05) is 0 Å². The first-order valence-electron chi connectivity index (χ1n) is 5.30. The molecule has 0 atom stereocenters. The summed E-state index contributed by atoms with van der Waals surface area (Å²) >= 11 is 0. The van der Waals surface area contributed by atoms with E-state index >= 15 is 0 Å². The minimum absolute atomic E-state index is 1.03. The number of hydrogen-bond donors (Lipinski definition) is 3. The highest BCUT2D eigenvalue weighted by atomic mass is 16.5. The first-order chi connectivity index (χ1) is 8.18. The highest BCUT2D eigenvalue weighted by Gasteiger charge is 1.93. The lowest BCUT2D eigenvalue weighted by molar-refractivity contribution is 0.278. The van der Waals surface area contributed by atoms with Gasteiger partial charge in [-0.05, 0) is 17.5 Å². The minimum Gasteiger partial charge on any atom is -0.402 e. The van der Waals surface area contributed by atoms with Gasteiger partial charge >= 0.3 is 7.32 Å². The summed E-state index contributed by atoms with van der Waals surface area (Å²) in [6.45, 7) is 0. The van der Waals surface area contributed by atoms with E-state index in [1.54, 1.807) is 0 Å². The fourth-order valence-electron chi connectivity index (χ4n) is 1.43. The quantitative estimate of drug-likeness (QED) is 0.680. The molecule has 0 spiro atoms. The first kappa shape index (κ1) is 13.4. The molecule has 3 nitrogen and oxygen atoms in total. The van der Waals surface area contributed by atoms with Crippen molar-refractivity contribution in [3.63, 3.8) is 0 Å². The Labute approximate surface area is 101 Å². The Balaban J connectivity index is 0.000000317. The molecule has 2 aromatic rings. The summed E-state index contributed by atoms with van der Waals surface area (Å²) < 4.78 is 0. The highest BCUT2D eigenvalue weighted by molar-refractivity contribution is 6.30. The largest absolute Gasteiger partial charge is 0.631 e. The predicted molar refractivity (Wildman–Crippen MR) is 68.1 cm³/mol. The Morgan fingerprint density at radius 3 is 1.24 bits per heavy atom. The fraction of sp³-hybridized carbons (Fsp3) is 0.0769. The summed E-state index contributed by atoms with van der Waals surface area (Å²) in [4.78, 5) is 0. The Kier molecular flexibility index (Phi) is 6.03. The molecule has 3 N–H and O–H groups in total. The molecule has 0 bridgehead atoms. The SMILES string of the molecule is OB(O)O.c1ccc(Cc2ccccc2)cc1. The average molecular weight is 230 g/mol. The maximum atomic E-state index is 7.17. The molecule has 2 aromatic carbocycles. The summed E-state index contributed by atoms with van der Waals surface area (Å²) in [6.07, 6.45) is 1.03. The zero-order chi connectivity index (χ0) is 12.5. The highest BCUT2D eigenvalue weighted by Crippen LogP contribution is 2.07. The van der Waals surface area contributed by atoms with Crippen LogP contribution in [0.25, 0.3) is 0 Å². The van der Waals surface area contributed by atoms with Gasteiger partial charge in [-0.1, -0.05) is 60.7 Å². The number of benzene rings is 2. The normalized spacial score (nSPS) is 9.12. The second-order valence-corrected chi connectivity index (χ2v) is 3.49. The summed E-state index contributed by atoms with van der Waals surface area (Å²) in [5.41, 5.74) is 2.74. The van der Waals surface area contributed by atoms with Crippen LogP contribution < -0.4 is 0 Å². The Morgan fingerprint density at radius 1 is 0.647 bits per heavy atom. The van der Waals surface area contributed by atoms with E-state index in [2.05, 4.69) is 60.7 Å². The standard InChI is InChI=1S/C13H12.BH3O3/c1-3-7-12(8-4-1)11-13-9-5-2-6-10-13;2-1(3)4/h1-10H,11H2;2-4H. The van der Waals surface area contributed by atoms with E-state index in [1.165, 1.54) is 11.1 Å². The van der Waals surface area contributed by atoms with E-state index in [0.717, 1.165) is 6.42 Å². The van der Waals surface area contributed by atoms with Crippen LogP contribution in [-0.4, -0.2) is 22.4 Å². The third kappa shape index (κ3) is 6.53. The Morgan fingerprint density at radius 2 is 0.941 bits per heavy atom. The Bertz CT molecular complexity index is 363.